The molecule has 1 heterocycles. The van der Waals surface area contributed by atoms with Gasteiger partial charge >= 0.3 is 0 Å². The third kappa shape index (κ3) is 2.87. The van der Waals surface area contributed by atoms with Crippen LogP contribution in [0.1, 0.15) is 23.1 Å². The summed E-state index contributed by atoms with van der Waals surface area (Å²) >= 11 is 0. The molecule has 0 fully saturated rings. The van der Waals surface area contributed by atoms with E-state index in [0.29, 0.717) is 17.7 Å². The number of nitrogens with one attached hydrogen (secondary N) is 1. The maximum Gasteiger partial charge on any atom is 0.168 e. The first-order chi connectivity index (χ1) is 10.3. The number of benzene rings is 2. The molecule has 0 saturated heterocycles. The van der Waals surface area contributed by atoms with E-state index in [1.807, 2.05) is 12.1 Å². The summed E-state index contributed by atoms with van der Waals surface area (Å²) in [5, 5.41) is 3.49. The molecule has 3 rings (SSSR count). The number of aryl methyl sites for hydroxylation is 3. The van der Waals surface area contributed by atoms with Crippen molar-refractivity contribution < 1.29 is 9.13 Å². The Balaban J connectivity index is 1.80. The molecule has 2 aromatic rings. The number of hydrogen-bond acceptors (Lipinski definition) is 2. The molecule has 0 unspecified atom stereocenters. The Bertz CT molecular complexity index is 639. The van der Waals surface area contributed by atoms with Crippen LogP contribution in [0.25, 0.3) is 0 Å². The Kier molecular flexibility index (Phi) is 4.09. The van der Waals surface area contributed by atoms with Crippen molar-refractivity contribution in [2.75, 3.05) is 19.0 Å². The van der Waals surface area contributed by atoms with Gasteiger partial charge in [0.05, 0.1) is 7.11 Å². The summed E-state index contributed by atoms with van der Waals surface area (Å²) in [6.07, 6.45) is 3.83. The van der Waals surface area contributed by atoms with Crippen LogP contribution in [-0.4, -0.2) is 13.7 Å². The van der Waals surface area contributed by atoms with Crippen LogP contribution in [0.2, 0.25) is 0 Å². The normalized spacial score (nSPS) is 13.4. The van der Waals surface area contributed by atoms with E-state index in [1.165, 1.54) is 30.3 Å². The number of para-hydroxylation sites is 1. The van der Waals surface area contributed by atoms with Crippen molar-refractivity contribution in [3.8, 4) is 5.75 Å². The Labute approximate surface area is 125 Å². The monoisotopic (exact) mass is 285 g/mol. The Morgan fingerprint density at radius 1 is 1.10 bits per heavy atom. The molecule has 1 N–H and O–H groups in total. The lowest BCUT2D eigenvalue weighted by molar-refractivity contribution is 0.384. The van der Waals surface area contributed by atoms with Gasteiger partial charge in [-0.3, -0.25) is 0 Å². The highest BCUT2D eigenvalue weighted by atomic mass is 19.1. The van der Waals surface area contributed by atoms with Gasteiger partial charge in [0, 0.05) is 12.2 Å². The average Bonchev–Trinajstić information content (AvgIpc) is 2.54. The van der Waals surface area contributed by atoms with Crippen molar-refractivity contribution in [3.05, 3.63) is 58.9 Å². The molecule has 110 valence electrons. The number of fused-ring (bicyclic) bond motifs is 1. The average molecular weight is 285 g/mol. The van der Waals surface area contributed by atoms with Crippen LogP contribution in [0.15, 0.2) is 36.4 Å². The van der Waals surface area contributed by atoms with E-state index in [4.69, 9.17) is 4.74 Å². The van der Waals surface area contributed by atoms with Gasteiger partial charge in [-0.1, -0.05) is 30.3 Å². The summed E-state index contributed by atoms with van der Waals surface area (Å²) in [5.74, 6) is 0.0819. The highest BCUT2D eigenvalue weighted by molar-refractivity contribution is 5.59. The van der Waals surface area contributed by atoms with Gasteiger partial charge in [-0.25, -0.2) is 4.39 Å². The second-order valence-electron chi connectivity index (χ2n) is 5.41. The summed E-state index contributed by atoms with van der Waals surface area (Å²) in [4.78, 5) is 0. The molecule has 3 heteroatoms. The van der Waals surface area contributed by atoms with Crippen molar-refractivity contribution >= 4 is 5.69 Å². The lowest BCUT2D eigenvalue weighted by Gasteiger charge is -2.21. The summed E-state index contributed by atoms with van der Waals surface area (Å²) in [6.45, 7) is 1.03. The molecule has 0 aliphatic carbocycles. The molecular weight excluding hydrogens is 265 g/mol. The molecule has 0 radical (unpaired) electrons. The fourth-order valence-corrected chi connectivity index (χ4v) is 2.97. The highest BCUT2D eigenvalue weighted by Crippen LogP contribution is 2.28. The third-order valence-electron chi connectivity index (χ3n) is 4.09. The van der Waals surface area contributed by atoms with E-state index in [1.54, 1.807) is 6.07 Å². The predicted molar refractivity (Wildman–Crippen MR) is 83.6 cm³/mol. The number of ether oxygens (including phenoxy) is 1. The number of anilines is 1. The number of hydrogen-bond donors (Lipinski definition) is 1. The van der Waals surface area contributed by atoms with Gasteiger partial charge in [0.2, 0.25) is 0 Å². The second-order valence-corrected chi connectivity index (χ2v) is 5.41. The van der Waals surface area contributed by atoms with Gasteiger partial charge in [0.25, 0.3) is 0 Å². The number of methoxy groups -OCH3 is 1. The van der Waals surface area contributed by atoms with Crippen molar-refractivity contribution in [1.82, 2.24) is 0 Å². The van der Waals surface area contributed by atoms with Crippen molar-refractivity contribution in [3.63, 3.8) is 0 Å². The number of halogens is 1. The smallest absolute Gasteiger partial charge is 0.168 e. The predicted octanol–water partition coefficient (Wildman–Crippen LogP) is 3.98. The quantitative estimate of drug-likeness (QED) is 0.917. The molecule has 2 aromatic carbocycles. The maximum atomic E-state index is 14.2. The second kappa shape index (κ2) is 6.17. The lowest BCUT2D eigenvalue weighted by Crippen LogP contribution is -2.14. The summed E-state index contributed by atoms with van der Waals surface area (Å²) in [7, 11) is 1.50. The van der Waals surface area contributed by atoms with Gasteiger partial charge in [-0.2, -0.15) is 0 Å². The van der Waals surface area contributed by atoms with Crippen molar-refractivity contribution in [2.24, 2.45) is 0 Å². The summed E-state index contributed by atoms with van der Waals surface area (Å²) < 4.78 is 19.2. The van der Waals surface area contributed by atoms with E-state index in [0.717, 1.165) is 19.4 Å². The lowest BCUT2D eigenvalue weighted by atomic mass is 9.95. The molecule has 0 spiro atoms. The zero-order valence-electron chi connectivity index (χ0n) is 12.3. The Morgan fingerprint density at radius 2 is 1.86 bits per heavy atom. The molecule has 0 atom stereocenters. The van der Waals surface area contributed by atoms with E-state index < -0.39 is 0 Å². The van der Waals surface area contributed by atoms with Crippen LogP contribution < -0.4 is 10.1 Å². The molecule has 0 aromatic heterocycles. The van der Waals surface area contributed by atoms with Crippen LogP contribution in [0.5, 0.6) is 5.75 Å². The molecule has 0 amide bonds. The van der Waals surface area contributed by atoms with E-state index in [2.05, 4.69) is 23.5 Å². The Hall–Kier alpha value is -2.03. The van der Waals surface area contributed by atoms with Gasteiger partial charge in [-0.05, 0) is 48.4 Å². The van der Waals surface area contributed by atoms with Crippen LogP contribution in [0.4, 0.5) is 10.1 Å². The third-order valence-corrected chi connectivity index (χ3v) is 4.09. The van der Waals surface area contributed by atoms with Gasteiger partial charge < -0.3 is 10.1 Å². The molecule has 2 nitrogen and oxygen atoms in total. The molecule has 0 saturated carbocycles. The van der Waals surface area contributed by atoms with E-state index in [-0.39, 0.29) is 5.82 Å². The summed E-state index contributed by atoms with van der Waals surface area (Å²) in [5.41, 5.74) is 4.62. The molecule has 0 bridgehead atoms. The SMILES string of the molecule is COc1cccc(CCc2cccc3c2NCCC3)c1F. The summed E-state index contributed by atoms with van der Waals surface area (Å²) in [6, 6.07) is 11.7. The standard InChI is InChI=1S/C18H20FNO/c1-21-16-9-3-5-13(17(16)19)10-11-15-7-2-6-14-8-4-12-20-18(14)15/h2-3,5-7,9,20H,4,8,10-12H2,1H3. The van der Waals surface area contributed by atoms with E-state index >= 15 is 0 Å². The minimum absolute atomic E-state index is 0.238. The molecule has 21 heavy (non-hydrogen) atoms. The first-order valence-electron chi connectivity index (χ1n) is 7.45. The zero-order chi connectivity index (χ0) is 14.7. The topological polar surface area (TPSA) is 21.3 Å². The molecular formula is C18H20FNO. The van der Waals surface area contributed by atoms with E-state index in [9.17, 15) is 4.39 Å². The maximum absolute atomic E-state index is 14.2. The fraction of sp³-hybridized carbons (Fsp3) is 0.333. The fourth-order valence-electron chi connectivity index (χ4n) is 2.97. The Morgan fingerprint density at radius 3 is 2.71 bits per heavy atom. The van der Waals surface area contributed by atoms with Gasteiger partial charge in [0.1, 0.15) is 0 Å². The van der Waals surface area contributed by atoms with Crippen LogP contribution >= 0.6 is 0 Å². The van der Waals surface area contributed by atoms with Crippen LogP contribution in [0, 0.1) is 5.82 Å². The van der Waals surface area contributed by atoms with Gasteiger partial charge in [0.15, 0.2) is 11.6 Å². The highest BCUT2D eigenvalue weighted by Gasteiger charge is 2.13. The van der Waals surface area contributed by atoms with Crippen molar-refractivity contribution in [1.29, 1.82) is 0 Å². The first-order valence-corrected chi connectivity index (χ1v) is 7.45. The van der Waals surface area contributed by atoms with Crippen LogP contribution in [0.3, 0.4) is 0 Å². The largest absolute Gasteiger partial charge is 0.494 e. The molecule has 1 aliphatic heterocycles. The van der Waals surface area contributed by atoms with Crippen LogP contribution in [-0.2, 0) is 19.3 Å². The first kappa shape index (κ1) is 13.9. The number of rotatable bonds is 4. The minimum Gasteiger partial charge on any atom is -0.494 e. The molecule has 1 aliphatic rings. The minimum atomic E-state index is -0.238. The van der Waals surface area contributed by atoms with Crippen molar-refractivity contribution in [2.45, 2.75) is 25.7 Å². The van der Waals surface area contributed by atoms with Gasteiger partial charge in [-0.15, -0.1) is 0 Å². The zero-order valence-corrected chi connectivity index (χ0v) is 12.3.